The molecule has 118 valence electrons. The standard InChI is InChI=1S/C16H27N3OS/c1-16(2,3)13-5-4-8-19(9-6-13)11-12-7-10-21-14(12)15(20)18-17/h7,10,13H,4-6,8-9,11,17H2,1-3H3,(H,18,20). The average Bonchev–Trinajstić information content (AvgIpc) is 2.73. The van der Waals surface area contributed by atoms with Gasteiger partial charge in [0.2, 0.25) is 0 Å². The Morgan fingerprint density at radius 2 is 2.19 bits per heavy atom. The molecule has 5 heteroatoms. The van der Waals surface area contributed by atoms with Crippen LogP contribution in [0.2, 0.25) is 0 Å². The molecule has 0 bridgehead atoms. The number of carbonyl (C=O) groups excluding carboxylic acids is 1. The van der Waals surface area contributed by atoms with Crippen molar-refractivity contribution < 1.29 is 4.79 Å². The highest BCUT2D eigenvalue weighted by Crippen LogP contribution is 2.34. The molecule has 2 rings (SSSR count). The number of rotatable bonds is 3. The van der Waals surface area contributed by atoms with Crippen LogP contribution < -0.4 is 11.3 Å². The van der Waals surface area contributed by atoms with Crippen molar-refractivity contribution in [2.45, 2.75) is 46.6 Å². The van der Waals surface area contributed by atoms with Gasteiger partial charge in [0.25, 0.3) is 5.91 Å². The molecular weight excluding hydrogens is 282 g/mol. The van der Waals surface area contributed by atoms with E-state index in [-0.39, 0.29) is 5.91 Å². The van der Waals surface area contributed by atoms with Gasteiger partial charge in [-0.05, 0) is 60.7 Å². The SMILES string of the molecule is CC(C)(C)C1CCCN(Cc2ccsc2C(=O)NN)CC1. The lowest BCUT2D eigenvalue weighted by molar-refractivity contribution is 0.0956. The molecule has 0 aliphatic carbocycles. The lowest BCUT2D eigenvalue weighted by Crippen LogP contribution is -2.31. The van der Waals surface area contributed by atoms with Crippen LogP contribution in [0.4, 0.5) is 0 Å². The van der Waals surface area contributed by atoms with Crippen molar-refractivity contribution in [3.8, 4) is 0 Å². The van der Waals surface area contributed by atoms with Gasteiger partial charge >= 0.3 is 0 Å². The number of nitrogens with one attached hydrogen (secondary N) is 1. The Kier molecular flexibility index (Phi) is 5.41. The Morgan fingerprint density at radius 3 is 2.86 bits per heavy atom. The number of nitrogens with zero attached hydrogens (tertiary/aromatic N) is 1. The van der Waals surface area contributed by atoms with Gasteiger partial charge in [-0.1, -0.05) is 20.8 Å². The molecule has 1 atom stereocenters. The normalized spacial score (nSPS) is 21.0. The number of thiophene rings is 1. The Morgan fingerprint density at radius 1 is 1.43 bits per heavy atom. The van der Waals surface area contributed by atoms with E-state index < -0.39 is 0 Å². The number of hydrogen-bond acceptors (Lipinski definition) is 4. The maximum atomic E-state index is 11.7. The summed E-state index contributed by atoms with van der Waals surface area (Å²) >= 11 is 1.46. The van der Waals surface area contributed by atoms with Crippen LogP contribution in [0.15, 0.2) is 11.4 Å². The van der Waals surface area contributed by atoms with E-state index in [1.807, 2.05) is 11.4 Å². The van der Waals surface area contributed by atoms with Gasteiger partial charge in [0.1, 0.15) is 0 Å². The van der Waals surface area contributed by atoms with Crippen LogP contribution in [-0.4, -0.2) is 23.9 Å². The molecule has 0 spiro atoms. The van der Waals surface area contributed by atoms with E-state index in [9.17, 15) is 4.79 Å². The Labute approximate surface area is 131 Å². The predicted octanol–water partition coefficient (Wildman–Crippen LogP) is 3.00. The second-order valence-electron chi connectivity index (χ2n) is 7.02. The van der Waals surface area contributed by atoms with Crippen LogP contribution in [0.5, 0.6) is 0 Å². The van der Waals surface area contributed by atoms with E-state index in [0.717, 1.165) is 36.0 Å². The summed E-state index contributed by atoms with van der Waals surface area (Å²) in [4.78, 5) is 15.0. The van der Waals surface area contributed by atoms with Gasteiger partial charge in [0, 0.05) is 6.54 Å². The quantitative estimate of drug-likeness (QED) is 0.513. The van der Waals surface area contributed by atoms with Gasteiger partial charge < -0.3 is 0 Å². The lowest BCUT2D eigenvalue weighted by Gasteiger charge is -2.29. The third kappa shape index (κ3) is 4.28. The molecule has 0 radical (unpaired) electrons. The fourth-order valence-electron chi connectivity index (χ4n) is 3.15. The van der Waals surface area contributed by atoms with Gasteiger partial charge in [0.15, 0.2) is 0 Å². The monoisotopic (exact) mass is 309 g/mol. The molecule has 2 heterocycles. The number of carbonyl (C=O) groups is 1. The van der Waals surface area contributed by atoms with Crippen molar-refractivity contribution in [2.24, 2.45) is 17.2 Å². The molecule has 3 N–H and O–H groups in total. The molecular formula is C16H27N3OS. The number of hydrogen-bond donors (Lipinski definition) is 2. The summed E-state index contributed by atoms with van der Waals surface area (Å²) < 4.78 is 0. The molecule has 1 aromatic heterocycles. The molecule has 1 saturated heterocycles. The molecule has 21 heavy (non-hydrogen) atoms. The Hall–Kier alpha value is -0.910. The van der Waals surface area contributed by atoms with Gasteiger partial charge in [-0.2, -0.15) is 0 Å². The minimum Gasteiger partial charge on any atom is -0.299 e. The first-order chi connectivity index (χ1) is 9.91. The van der Waals surface area contributed by atoms with Crippen molar-refractivity contribution in [1.29, 1.82) is 0 Å². The van der Waals surface area contributed by atoms with Gasteiger partial charge in [0.05, 0.1) is 4.88 Å². The highest BCUT2D eigenvalue weighted by molar-refractivity contribution is 7.12. The summed E-state index contributed by atoms with van der Waals surface area (Å²) in [7, 11) is 0. The summed E-state index contributed by atoms with van der Waals surface area (Å²) in [5, 5.41) is 1.97. The first-order valence-corrected chi connectivity index (χ1v) is 8.59. The van der Waals surface area contributed by atoms with Crippen LogP contribution in [0.3, 0.4) is 0 Å². The van der Waals surface area contributed by atoms with E-state index >= 15 is 0 Å². The van der Waals surface area contributed by atoms with Crippen molar-refractivity contribution >= 4 is 17.2 Å². The van der Waals surface area contributed by atoms with Crippen LogP contribution in [0, 0.1) is 11.3 Å². The zero-order chi connectivity index (χ0) is 15.5. The smallest absolute Gasteiger partial charge is 0.275 e. The van der Waals surface area contributed by atoms with Crippen molar-refractivity contribution in [3.63, 3.8) is 0 Å². The van der Waals surface area contributed by atoms with Gasteiger partial charge in [-0.25, -0.2) is 5.84 Å². The van der Waals surface area contributed by atoms with Crippen LogP contribution >= 0.6 is 11.3 Å². The van der Waals surface area contributed by atoms with Gasteiger partial charge in [-0.3, -0.25) is 15.1 Å². The van der Waals surface area contributed by atoms with E-state index in [1.165, 1.54) is 30.6 Å². The third-order valence-electron chi connectivity index (χ3n) is 4.52. The fourth-order valence-corrected chi connectivity index (χ4v) is 3.96. The molecule has 1 amide bonds. The number of nitrogens with two attached hydrogens (primary N) is 1. The average molecular weight is 309 g/mol. The minimum atomic E-state index is -0.178. The van der Waals surface area contributed by atoms with Gasteiger partial charge in [-0.15, -0.1) is 11.3 Å². The van der Waals surface area contributed by atoms with E-state index in [1.54, 1.807) is 0 Å². The first kappa shape index (κ1) is 16.5. The van der Waals surface area contributed by atoms with Crippen LogP contribution in [0.25, 0.3) is 0 Å². The zero-order valence-corrected chi connectivity index (χ0v) is 14.1. The lowest BCUT2D eigenvalue weighted by atomic mass is 9.77. The van der Waals surface area contributed by atoms with Crippen LogP contribution in [-0.2, 0) is 6.54 Å². The summed E-state index contributed by atoms with van der Waals surface area (Å²) in [5.74, 6) is 5.86. The maximum Gasteiger partial charge on any atom is 0.275 e. The minimum absolute atomic E-state index is 0.178. The van der Waals surface area contributed by atoms with E-state index in [4.69, 9.17) is 5.84 Å². The number of nitrogen functional groups attached to an aromatic ring is 1. The zero-order valence-electron chi connectivity index (χ0n) is 13.3. The second kappa shape index (κ2) is 6.90. The highest BCUT2D eigenvalue weighted by Gasteiger charge is 2.27. The van der Waals surface area contributed by atoms with Crippen molar-refractivity contribution in [1.82, 2.24) is 10.3 Å². The number of hydrazine groups is 1. The number of likely N-dealkylation sites (tertiary alicyclic amines) is 1. The molecule has 1 fully saturated rings. The molecule has 0 aromatic carbocycles. The van der Waals surface area contributed by atoms with Crippen LogP contribution in [0.1, 0.15) is 55.3 Å². The summed E-state index contributed by atoms with van der Waals surface area (Å²) in [6.45, 7) is 10.1. The summed E-state index contributed by atoms with van der Waals surface area (Å²) in [6, 6.07) is 2.04. The largest absolute Gasteiger partial charge is 0.299 e. The van der Waals surface area contributed by atoms with Crippen molar-refractivity contribution in [2.75, 3.05) is 13.1 Å². The number of amides is 1. The van der Waals surface area contributed by atoms with E-state index in [0.29, 0.717) is 5.41 Å². The first-order valence-electron chi connectivity index (χ1n) is 7.71. The highest BCUT2D eigenvalue weighted by atomic mass is 32.1. The molecule has 1 aliphatic heterocycles. The summed E-state index contributed by atoms with van der Waals surface area (Å²) in [6.07, 6.45) is 3.79. The fraction of sp³-hybridized carbons (Fsp3) is 0.688. The Balaban J connectivity index is 1.98. The molecule has 1 aromatic rings. The second-order valence-corrected chi connectivity index (χ2v) is 7.93. The third-order valence-corrected chi connectivity index (χ3v) is 5.48. The molecule has 4 nitrogen and oxygen atoms in total. The topological polar surface area (TPSA) is 58.4 Å². The Bertz CT molecular complexity index is 478. The molecule has 0 saturated carbocycles. The molecule has 1 unspecified atom stereocenters. The maximum absolute atomic E-state index is 11.7. The van der Waals surface area contributed by atoms with Crippen molar-refractivity contribution in [3.05, 3.63) is 21.9 Å². The summed E-state index contributed by atoms with van der Waals surface area (Å²) in [5.41, 5.74) is 3.72. The molecule has 1 aliphatic rings. The predicted molar refractivity (Wildman–Crippen MR) is 88.0 cm³/mol. The van der Waals surface area contributed by atoms with E-state index in [2.05, 4.69) is 31.1 Å².